The fourth-order valence-corrected chi connectivity index (χ4v) is 5.33. The van der Waals surface area contributed by atoms with Crippen LogP contribution in [0, 0.1) is 0 Å². The van der Waals surface area contributed by atoms with E-state index in [9.17, 15) is 9.59 Å². The Kier molecular flexibility index (Phi) is 6.76. The Morgan fingerprint density at radius 2 is 1.74 bits per heavy atom. The van der Waals surface area contributed by atoms with Crippen LogP contribution in [0.1, 0.15) is 24.0 Å². The summed E-state index contributed by atoms with van der Waals surface area (Å²) in [4.78, 5) is 31.0. The minimum Gasteiger partial charge on any atom is -0.434 e. The second-order valence-electron chi connectivity index (χ2n) is 9.10. The molecule has 3 aliphatic rings. The Bertz CT molecular complexity index is 987. The molecule has 0 radical (unpaired) electrons. The predicted molar refractivity (Wildman–Crippen MR) is 130 cm³/mol. The molecule has 2 aromatic carbocycles. The van der Waals surface area contributed by atoms with Crippen LogP contribution in [-0.4, -0.2) is 73.0 Å². The molecule has 0 spiro atoms. The van der Waals surface area contributed by atoms with Crippen molar-refractivity contribution in [3.8, 4) is 0 Å². The summed E-state index contributed by atoms with van der Waals surface area (Å²) >= 11 is 0. The molecule has 3 heterocycles. The number of nitrogens with zero attached hydrogens (tertiary/aromatic N) is 2. The number of hydrogen-bond donors (Lipinski definition) is 2. The Labute approximate surface area is 200 Å². The van der Waals surface area contributed by atoms with E-state index in [-0.39, 0.29) is 11.9 Å². The van der Waals surface area contributed by atoms with Crippen LogP contribution in [0.2, 0.25) is 0 Å². The van der Waals surface area contributed by atoms with Gasteiger partial charge in [-0.1, -0.05) is 72.8 Å². The van der Waals surface area contributed by atoms with Gasteiger partial charge in [-0.05, 0) is 12.8 Å². The second-order valence-corrected chi connectivity index (χ2v) is 9.10. The molecular weight excluding hydrogens is 428 g/mol. The third kappa shape index (κ3) is 4.27. The molecule has 2 atom stereocenters. The van der Waals surface area contributed by atoms with Gasteiger partial charge < -0.3 is 15.4 Å². The van der Waals surface area contributed by atoms with Crippen molar-refractivity contribution in [3.63, 3.8) is 0 Å². The summed E-state index contributed by atoms with van der Waals surface area (Å²) in [5.41, 5.74) is 0.541. The van der Waals surface area contributed by atoms with E-state index in [1.807, 2.05) is 65.6 Å². The molecule has 5 rings (SSSR count). The van der Waals surface area contributed by atoms with Crippen LogP contribution in [0.3, 0.4) is 0 Å². The minimum absolute atomic E-state index is 0.0784. The van der Waals surface area contributed by atoms with Crippen LogP contribution in [0.15, 0.2) is 72.8 Å². The number of benzene rings is 2. The lowest BCUT2D eigenvalue weighted by Gasteiger charge is -2.44. The average molecular weight is 461 g/mol. The van der Waals surface area contributed by atoms with Gasteiger partial charge in [-0.25, -0.2) is 4.90 Å². The molecule has 0 bridgehead atoms. The lowest BCUT2D eigenvalue weighted by atomic mass is 9.90. The van der Waals surface area contributed by atoms with Crippen molar-refractivity contribution < 1.29 is 14.3 Å². The van der Waals surface area contributed by atoms with E-state index in [1.54, 1.807) is 0 Å². The molecule has 7 heteroatoms. The first-order valence-corrected chi connectivity index (χ1v) is 12.2. The lowest BCUT2D eigenvalue weighted by molar-refractivity contribution is -0.153. The van der Waals surface area contributed by atoms with Crippen LogP contribution in [0.4, 0.5) is 0 Å². The molecule has 178 valence electrons. The first kappa shape index (κ1) is 22.8. The number of piperazine rings is 1. The first-order valence-electron chi connectivity index (χ1n) is 12.2. The van der Waals surface area contributed by atoms with Gasteiger partial charge >= 0.3 is 5.97 Å². The highest BCUT2D eigenvalue weighted by Crippen LogP contribution is 2.45. The zero-order valence-corrected chi connectivity index (χ0v) is 19.4. The Morgan fingerprint density at radius 1 is 1.03 bits per heavy atom. The topological polar surface area (TPSA) is 73.9 Å². The van der Waals surface area contributed by atoms with Gasteiger partial charge in [0.15, 0.2) is 0 Å². The third-order valence-corrected chi connectivity index (χ3v) is 6.96. The normalized spacial score (nSPS) is 24.4. The number of fused-ring (bicyclic) bond motifs is 1. The Morgan fingerprint density at radius 3 is 2.38 bits per heavy atom. The number of nitrogens with one attached hydrogen (secondary N) is 2. The smallest absolute Gasteiger partial charge is 0.327 e. The number of ether oxygens (including phenoxy) is 1. The van der Waals surface area contributed by atoms with E-state index in [4.69, 9.17) is 4.74 Å². The van der Waals surface area contributed by atoms with Crippen molar-refractivity contribution >= 4 is 11.9 Å². The summed E-state index contributed by atoms with van der Waals surface area (Å²) in [5, 5.41) is 6.41. The highest BCUT2D eigenvalue weighted by Gasteiger charge is 2.60. The van der Waals surface area contributed by atoms with E-state index in [2.05, 4.69) is 27.7 Å². The lowest BCUT2D eigenvalue weighted by Crippen LogP contribution is -2.65. The quantitative estimate of drug-likeness (QED) is 0.373. The van der Waals surface area contributed by atoms with Crippen LogP contribution in [0.5, 0.6) is 0 Å². The molecule has 7 nitrogen and oxygen atoms in total. The van der Waals surface area contributed by atoms with Crippen molar-refractivity contribution in [1.29, 1.82) is 0 Å². The molecule has 0 aliphatic carbocycles. The molecule has 3 aliphatic heterocycles. The maximum atomic E-state index is 13.5. The molecule has 2 aromatic rings. The summed E-state index contributed by atoms with van der Waals surface area (Å²) in [6.45, 7) is 4.52. The summed E-state index contributed by atoms with van der Waals surface area (Å²) in [6.07, 6.45) is 6.40. The number of esters is 1. The van der Waals surface area contributed by atoms with Crippen molar-refractivity contribution in [2.24, 2.45) is 0 Å². The van der Waals surface area contributed by atoms with Crippen molar-refractivity contribution in [1.82, 2.24) is 20.4 Å². The zero-order valence-electron chi connectivity index (χ0n) is 19.4. The molecule has 1 amide bonds. The van der Waals surface area contributed by atoms with E-state index in [0.29, 0.717) is 19.6 Å². The standard InChI is InChI=1S/C27H32N4O3/c32-25(29-15-10-18-30-16-8-3-9-17-30)23-19-28-20-24-26(33)34-27(31(23)24,21-11-4-1-5-12-21)22-13-6-2-7-14-22/h1-8,11-14,23-24,28H,9-10,15-20H2,(H,29,32). The number of cyclic esters (lactones) is 1. The van der Waals surface area contributed by atoms with Gasteiger partial charge in [-0.2, -0.15) is 0 Å². The zero-order chi connectivity index (χ0) is 23.4. The fraction of sp³-hybridized carbons (Fsp3) is 0.407. The summed E-state index contributed by atoms with van der Waals surface area (Å²) in [6, 6.07) is 18.4. The molecule has 34 heavy (non-hydrogen) atoms. The van der Waals surface area contributed by atoms with Crippen molar-refractivity contribution in [3.05, 3.63) is 83.9 Å². The highest BCUT2D eigenvalue weighted by atomic mass is 16.6. The van der Waals surface area contributed by atoms with Gasteiger partial charge in [-0.15, -0.1) is 0 Å². The number of hydrogen-bond acceptors (Lipinski definition) is 6. The van der Waals surface area contributed by atoms with Crippen molar-refractivity contribution in [2.75, 3.05) is 39.3 Å². The van der Waals surface area contributed by atoms with Gasteiger partial charge in [0.2, 0.25) is 11.6 Å². The molecular formula is C27H32N4O3. The van der Waals surface area contributed by atoms with Crippen LogP contribution in [0.25, 0.3) is 0 Å². The predicted octanol–water partition coefficient (Wildman–Crippen LogP) is 1.86. The van der Waals surface area contributed by atoms with Crippen LogP contribution >= 0.6 is 0 Å². The summed E-state index contributed by atoms with van der Waals surface area (Å²) in [7, 11) is 0. The fourth-order valence-electron chi connectivity index (χ4n) is 5.33. The number of rotatable bonds is 7. The van der Waals surface area contributed by atoms with Gasteiger partial charge in [0.05, 0.1) is 0 Å². The van der Waals surface area contributed by atoms with Gasteiger partial charge in [-0.3, -0.25) is 14.5 Å². The monoisotopic (exact) mass is 460 g/mol. The van der Waals surface area contributed by atoms with Crippen molar-refractivity contribution in [2.45, 2.75) is 30.7 Å². The summed E-state index contributed by atoms with van der Waals surface area (Å²) in [5.74, 6) is -0.388. The van der Waals surface area contributed by atoms with Gasteiger partial charge in [0.1, 0.15) is 12.1 Å². The molecule has 2 saturated heterocycles. The molecule has 0 aromatic heterocycles. The maximum absolute atomic E-state index is 13.5. The second kappa shape index (κ2) is 10.1. The van der Waals surface area contributed by atoms with Gasteiger partial charge in [0, 0.05) is 50.4 Å². The van der Waals surface area contributed by atoms with E-state index < -0.39 is 17.8 Å². The highest BCUT2D eigenvalue weighted by molar-refractivity contribution is 5.86. The average Bonchev–Trinajstić information content (AvgIpc) is 3.21. The number of carbonyl (C=O) groups excluding carboxylic acids is 2. The maximum Gasteiger partial charge on any atom is 0.327 e. The molecule has 2 N–H and O–H groups in total. The third-order valence-electron chi connectivity index (χ3n) is 6.96. The minimum atomic E-state index is -1.14. The Hall–Kier alpha value is -3.00. The van der Waals surface area contributed by atoms with Gasteiger partial charge in [0.25, 0.3) is 0 Å². The first-order chi connectivity index (χ1) is 16.7. The largest absolute Gasteiger partial charge is 0.434 e. The molecule has 2 fully saturated rings. The Balaban J connectivity index is 1.39. The molecule has 0 saturated carbocycles. The molecule has 2 unspecified atom stereocenters. The van der Waals surface area contributed by atoms with E-state index >= 15 is 0 Å². The van der Waals surface area contributed by atoms with Crippen LogP contribution < -0.4 is 10.6 Å². The number of carbonyl (C=O) groups is 2. The summed E-state index contributed by atoms with van der Waals surface area (Å²) < 4.78 is 6.21. The van der Waals surface area contributed by atoms with E-state index in [1.165, 1.54) is 0 Å². The van der Waals surface area contributed by atoms with E-state index in [0.717, 1.165) is 43.6 Å². The van der Waals surface area contributed by atoms with Crippen LogP contribution in [-0.2, 0) is 20.1 Å². The number of amides is 1. The SMILES string of the molecule is O=C(NCCCN1CC=CCC1)C1CNCC2C(=O)OC(c3ccccc3)(c3ccccc3)N12.